The van der Waals surface area contributed by atoms with Gasteiger partial charge in [0.15, 0.2) is 5.13 Å². The number of aryl methyl sites for hydroxylation is 1. The SMILES string of the molecule is CCOC(=O)c1sc(NC(=O)[C@H]2CC(=O)N(c3ccc(OCC)cc3)C2)nc1C. The fourth-order valence-corrected chi connectivity index (χ4v) is 3.93. The Hall–Kier alpha value is -2.94. The fourth-order valence-electron chi connectivity index (χ4n) is 3.07. The summed E-state index contributed by atoms with van der Waals surface area (Å²) < 4.78 is 10.4. The molecule has 2 heterocycles. The number of thiazole rings is 1. The summed E-state index contributed by atoms with van der Waals surface area (Å²) in [7, 11) is 0. The lowest BCUT2D eigenvalue weighted by molar-refractivity contribution is -0.122. The highest BCUT2D eigenvalue weighted by Gasteiger charge is 2.35. The molecule has 154 valence electrons. The first-order valence-electron chi connectivity index (χ1n) is 9.41. The van der Waals surface area contributed by atoms with Gasteiger partial charge in [-0.1, -0.05) is 11.3 Å². The normalized spacial score (nSPS) is 16.0. The van der Waals surface area contributed by atoms with E-state index in [4.69, 9.17) is 9.47 Å². The van der Waals surface area contributed by atoms with Crippen LogP contribution in [0.25, 0.3) is 0 Å². The van der Waals surface area contributed by atoms with Crippen molar-refractivity contribution in [1.29, 1.82) is 0 Å². The van der Waals surface area contributed by atoms with E-state index in [1.54, 1.807) is 43.0 Å². The Morgan fingerprint density at radius 1 is 1.24 bits per heavy atom. The number of nitrogens with one attached hydrogen (secondary N) is 1. The Morgan fingerprint density at radius 3 is 2.62 bits per heavy atom. The maximum atomic E-state index is 12.6. The Labute approximate surface area is 172 Å². The Kier molecular flexibility index (Phi) is 6.48. The molecule has 2 aromatic rings. The van der Waals surface area contributed by atoms with E-state index < -0.39 is 11.9 Å². The van der Waals surface area contributed by atoms with Gasteiger partial charge in [0.25, 0.3) is 0 Å². The third-order valence-electron chi connectivity index (χ3n) is 4.44. The van der Waals surface area contributed by atoms with Crippen molar-refractivity contribution in [3.05, 3.63) is 34.8 Å². The van der Waals surface area contributed by atoms with Gasteiger partial charge in [-0.2, -0.15) is 0 Å². The van der Waals surface area contributed by atoms with Gasteiger partial charge >= 0.3 is 5.97 Å². The van der Waals surface area contributed by atoms with Crippen LogP contribution in [0.15, 0.2) is 24.3 Å². The first-order chi connectivity index (χ1) is 13.9. The van der Waals surface area contributed by atoms with E-state index >= 15 is 0 Å². The van der Waals surface area contributed by atoms with Crippen molar-refractivity contribution in [2.75, 3.05) is 30.0 Å². The quantitative estimate of drug-likeness (QED) is 0.696. The summed E-state index contributed by atoms with van der Waals surface area (Å²) in [6.45, 7) is 6.44. The molecular formula is C20H23N3O5S. The topological polar surface area (TPSA) is 97.8 Å². The molecule has 1 atom stereocenters. The lowest BCUT2D eigenvalue weighted by atomic mass is 10.1. The molecule has 3 rings (SSSR count). The smallest absolute Gasteiger partial charge is 0.350 e. The molecule has 8 nitrogen and oxygen atoms in total. The van der Waals surface area contributed by atoms with E-state index in [1.165, 1.54) is 0 Å². The highest BCUT2D eigenvalue weighted by atomic mass is 32.1. The molecule has 1 aromatic carbocycles. The number of ether oxygens (including phenoxy) is 2. The van der Waals surface area contributed by atoms with Crippen molar-refractivity contribution >= 4 is 39.9 Å². The molecule has 1 fully saturated rings. The van der Waals surface area contributed by atoms with Crippen LogP contribution >= 0.6 is 11.3 Å². The first-order valence-corrected chi connectivity index (χ1v) is 10.2. The van der Waals surface area contributed by atoms with Gasteiger partial charge in [-0.15, -0.1) is 0 Å². The average Bonchev–Trinajstić information content (AvgIpc) is 3.25. The largest absolute Gasteiger partial charge is 0.494 e. The molecule has 2 amide bonds. The average molecular weight is 417 g/mol. The summed E-state index contributed by atoms with van der Waals surface area (Å²) in [6.07, 6.45) is 0.119. The minimum atomic E-state index is -0.496. The number of esters is 1. The molecule has 1 saturated heterocycles. The molecule has 29 heavy (non-hydrogen) atoms. The molecule has 0 saturated carbocycles. The molecule has 0 aliphatic carbocycles. The number of anilines is 2. The van der Waals surface area contributed by atoms with Crippen LogP contribution in [0.4, 0.5) is 10.8 Å². The van der Waals surface area contributed by atoms with Crippen LogP contribution < -0.4 is 15.0 Å². The molecule has 1 N–H and O–H groups in total. The van der Waals surface area contributed by atoms with Crippen LogP contribution in [0, 0.1) is 12.8 Å². The maximum absolute atomic E-state index is 12.6. The van der Waals surface area contributed by atoms with Crippen LogP contribution in [0.1, 0.15) is 35.6 Å². The Morgan fingerprint density at radius 2 is 1.97 bits per heavy atom. The van der Waals surface area contributed by atoms with Crippen molar-refractivity contribution in [1.82, 2.24) is 4.98 Å². The number of aromatic nitrogens is 1. The highest BCUT2D eigenvalue weighted by Crippen LogP contribution is 2.29. The number of hydrogen-bond donors (Lipinski definition) is 1. The number of amides is 2. The zero-order valence-corrected chi connectivity index (χ0v) is 17.4. The van der Waals surface area contributed by atoms with Gasteiger partial charge in [-0.25, -0.2) is 9.78 Å². The van der Waals surface area contributed by atoms with Crippen molar-refractivity contribution < 1.29 is 23.9 Å². The van der Waals surface area contributed by atoms with Crippen molar-refractivity contribution in [2.24, 2.45) is 5.92 Å². The van der Waals surface area contributed by atoms with E-state index in [9.17, 15) is 14.4 Å². The van der Waals surface area contributed by atoms with Crippen LogP contribution in [-0.4, -0.2) is 42.5 Å². The molecule has 0 radical (unpaired) electrons. The summed E-state index contributed by atoms with van der Waals surface area (Å²) in [5.74, 6) is -0.633. The second kappa shape index (κ2) is 9.04. The minimum absolute atomic E-state index is 0.114. The molecular weight excluding hydrogens is 394 g/mol. The van der Waals surface area contributed by atoms with Gasteiger partial charge in [0.05, 0.1) is 24.8 Å². The number of carbonyl (C=O) groups is 3. The summed E-state index contributed by atoms with van der Waals surface area (Å²) in [4.78, 5) is 43.1. The van der Waals surface area contributed by atoms with E-state index in [0.29, 0.717) is 22.3 Å². The van der Waals surface area contributed by atoms with Crippen LogP contribution in [0.5, 0.6) is 5.75 Å². The molecule has 9 heteroatoms. The zero-order chi connectivity index (χ0) is 21.0. The van der Waals surface area contributed by atoms with Crippen LogP contribution in [-0.2, 0) is 14.3 Å². The van der Waals surface area contributed by atoms with Crippen molar-refractivity contribution in [3.8, 4) is 5.75 Å². The monoisotopic (exact) mass is 417 g/mol. The zero-order valence-electron chi connectivity index (χ0n) is 16.6. The van der Waals surface area contributed by atoms with Gasteiger partial charge in [-0.3, -0.25) is 9.59 Å². The van der Waals surface area contributed by atoms with Gasteiger partial charge in [0.1, 0.15) is 10.6 Å². The number of nitrogens with zero attached hydrogens (tertiary/aromatic N) is 2. The predicted octanol–water partition coefficient (Wildman–Crippen LogP) is 3.02. The second-order valence-corrected chi connectivity index (χ2v) is 7.47. The second-order valence-electron chi connectivity index (χ2n) is 6.48. The van der Waals surface area contributed by atoms with E-state index in [1.807, 2.05) is 6.92 Å². The molecule has 1 aliphatic rings. The van der Waals surface area contributed by atoms with Gasteiger partial charge in [0.2, 0.25) is 11.8 Å². The number of benzene rings is 1. The van der Waals surface area contributed by atoms with Gasteiger partial charge < -0.3 is 19.7 Å². The summed E-state index contributed by atoms with van der Waals surface area (Å²) in [5.41, 5.74) is 1.23. The summed E-state index contributed by atoms with van der Waals surface area (Å²) in [5, 5.41) is 3.04. The molecule has 1 aromatic heterocycles. The fraction of sp³-hybridized carbons (Fsp3) is 0.400. The number of carbonyl (C=O) groups excluding carboxylic acids is 3. The van der Waals surface area contributed by atoms with E-state index in [-0.39, 0.29) is 31.4 Å². The lowest BCUT2D eigenvalue weighted by Gasteiger charge is -2.17. The standard InChI is InChI=1S/C20H23N3O5S/c1-4-27-15-8-6-14(7-9-15)23-11-13(10-16(23)24)18(25)22-20-21-12(3)17(29-20)19(26)28-5-2/h6-9,13H,4-5,10-11H2,1-3H3,(H,21,22,25)/t13-/m0/s1. The minimum Gasteiger partial charge on any atom is -0.494 e. The van der Waals surface area contributed by atoms with E-state index in [2.05, 4.69) is 10.3 Å². The first kappa shape index (κ1) is 20.8. The summed E-state index contributed by atoms with van der Waals surface area (Å²) >= 11 is 1.07. The Bertz CT molecular complexity index is 909. The molecule has 1 aliphatic heterocycles. The molecule has 0 bridgehead atoms. The predicted molar refractivity (Wildman–Crippen MR) is 110 cm³/mol. The van der Waals surface area contributed by atoms with Crippen LogP contribution in [0.3, 0.4) is 0 Å². The van der Waals surface area contributed by atoms with Crippen molar-refractivity contribution in [3.63, 3.8) is 0 Å². The van der Waals surface area contributed by atoms with Gasteiger partial charge in [-0.05, 0) is 45.0 Å². The van der Waals surface area contributed by atoms with Crippen LogP contribution in [0.2, 0.25) is 0 Å². The number of hydrogen-bond acceptors (Lipinski definition) is 7. The molecule has 0 spiro atoms. The van der Waals surface area contributed by atoms with Gasteiger partial charge in [0, 0.05) is 18.7 Å². The highest BCUT2D eigenvalue weighted by molar-refractivity contribution is 7.17. The summed E-state index contributed by atoms with van der Waals surface area (Å²) in [6, 6.07) is 7.21. The Balaban J connectivity index is 1.64. The number of rotatable bonds is 7. The third-order valence-corrected chi connectivity index (χ3v) is 5.50. The maximum Gasteiger partial charge on any atom is 0.350 e. The molecule has 0 unspecified atom stereocenters. The van der Waals surface area contributed by atoms with Crippen molar-refractivity contribution in [2.45, 2.75) is 27.2 Å². The van der Waals surface area contributed by atoms with E-state index in [0.717, 1.165) is 22.8 Å². The lowest BCUT2D eigenvalue weighted by Crippen LogP contribution is -2.28. The third kappa shape index (κ3) is 4.73.